The number of hydrogen-bond donors (Lipinski definition) is 2. The number of hydrogen-bond acceptors (Lipinski definition) is 3. The third-order valence-corrected chi connectivity index (χ3v) is 1.58. The van der Waals surface area contributed by atoms with Gasteiger partial charge in [0.25, 0.3) is 0 Å². The number of rotatable bonds is 2. The van der Waals surface area contributed by atoms with Crippen molar-refractivity contribution in [3.8, 4) is 5.75 Å². The summed E-state index contributed by atoms with van der Waals surface area (Å²) in [5.41, 5.74) is -0.336. The summed E-state index contributed by atoms with van der Waals surface area (Å²) < 4.78 is 42.4. The van der Waals surface area contributed by atoms with Gasteiger partial charge in [-0.15, -0.1) is 0 Å². The second kappa shape index (κ2) is 3.89. The summed E-state index contributed by atoms with van der Waals surface area (Å²) in [4.78, 5) is 0. The molecule has 0 saturated carbocycles. The maximum absolute atomic E-state index is 12.9. The minimum Gasteiger partial charge on any atom is -0.509 e. The molecule has 0 aliphatic carbocycles. The van der Waals surface area contributed by atoms with E-state index in [9.17, 15) is 13.2 Å². The maximum atomic E-state index is 12.9. The highest BCUT2D eigenvalue weighted by molar-refractivity contribution is 6.33. The van der Waals surface area contributed by atoms with Crippen LogP contribution in [0, 0.1) is 24.4 Å². The summed E-state index contributed by atoms with van der Waals surface area (Å²) >= 11 is 0. The van der Waals surface area contributed by atoms with Crippen LogP contribution in [0.25, 0.3) is 0 Å². The molecule has 0 aliphatic rings. The molecule has 0 fully saturated rings. The van der Waals surface area contributed by atoms with Crippen LogP contribution in [0.1, 0.15) is 5.56 Å². The first-order valence-corrected chi connectivity index (χ1v) is 3.60. The van der Waals surface area contributed by atoms with Gasteiger partial charge < -0.3 is 14.7 Å². The molecule has 0 amide bonds. The summed E-state index contributed by atoms with van der Waals surface area (Å²) in [5.74, 6) is -4.79. The largest absolute Gasteiger partial charge is 0.707 e. The average Bonchev–Trinajstić information content (AvgIpc) is 2.09. The van der Waals surface area contributed by atoms with Crippen molar-refractivity contribution in [3.05, 3.63) is 29.1 Å². The van der Waals surface area contributed by atoms with Crippen LogP contribution in [0.15, 0.2) is 6.07 Å². The average molecular weight is 206 g/mol. The monoisotopic (exact) mass is 206 g/mol. The molecule has 2 N–H and O–H groups in total. The molecule has 0 bridgehead atoms. The zero-order valence-electron chi connectivity index (χ0n) is 7.09. The maximum Gasteiger partial charge on any atom is 0.707 e. The van der Waals surface area contributed by atoms with Crippen molar-refractivity contribution in [2.45, 2.75) is 6.92 Å². The zero-order chi connectivity index (χ0) is 10.9. The van der Waals surface area contributed by atoms with Gasteiger partial charge in [-0.1, -0.05) is 0 Å². The lowest BCUT2D eigenvalue weighted by Gasteiger charge is -2.10. The smallest absolute Gasteiger partial charge is 0.509 e. The van der Waals surface area contributed by atoms with E-state index in [4.69, 9.17) is 10.0 Å². The van der Waals surface area contributed by atoms with Crippen molar-refractivity contribution in [3.63, 3.8) is 0 Å². The molecule has 1 rings (SSSR count). The van der Waals surface area contributed by atoms with E-state index in [1.54, 1.807) is 0 Å². The Hall–Kier alpha value is -1.21. The van der Waals surface area contributed by atoms with Gasteiger partial charge in [0.15, 0.2) is 11.6 Å². The fourth-order valence-corrected chi connectivity index (χ4v) is 0.910. The van der Waals surface area contributed by atoms with Crippen molar-refractivity contribution < 1.29 is 27.9 Å². The molecule has 3 nitrogen and oxygen atoms in total. The van der Waals surface area contributed by atoms with Crippen LogP contribution in [0.2, 0.25) is 0 Å². The molecule has 14 heavy (non-hydrogen) atoms. The normalized spacial score (nSPS) is 10.1. The van der Waals surface area contributed by atoms with Crippen LogP contribution < -0.4 is 4.65 Å². The van der Waals surface area contributed by atoms with Crippen LogP contribution in [0.4, 0.5) is 13.2 Å². The lowest BCUT2D eigenvalue weighted by Crippen LogP contribution is -2.22. The summed E-state index contributed by atoms with van der Waals surface area (Å²) in [6.45, 7) is 1.12. The Morgan fingerprint density at radius 1 is 1.21 bits per heavy atom. The van der Waals surface area contributed by atoms with Crippen molar-refractivity contribution in [1.82, 2.24) is 0 Å². The van der Waals surface area contributed by atoms with Crippen molar-refractivity contribution in [2.75, 3.05) is 0 Å². The SMILES string of the molecule is Cc1c(F)cc(F)c(F)c1OB(O)O. The van der Waals surface area contributed by atoms with Crippen LogP contribution in [0.5, 0.6) is 5.75 Å². The molecule has 0 aromatic heterocycles. The van der Waals surface area contributed by atoms with E-state index in [1.807, 2.05) is 0 Å². The minimum absolute atomic E-state index is 0.336. The van der Waals surface area contributed by atoms with Gasteiger partial charge in [0.1, 0.15) is 11.6 Å². The predicted octanol–water partition coefficient (Wildman–Crippen LogP) is 0.761. The Morgan fingerprint density at radius 3 is 2.29 bits per heavy atom. The van der Waals surface area contributed by atoms with E-state index in [2.05, 4.69) is 4.65 Å². The molecular weight excluding hydrogens is 200 g/mol. The molecular formula is C7H6BF3O3. The topological polar surface area (TPSA) is 49.7 Å². The lowest BCUT2D eigenvalue weighted by molar-refractivity contribution is 0.277. The molecule has 0 atom stereocenters. The fraction of sp³-hybridized carbons (Fsp3) is 0.143. The molecule has 1 aromatic rings. The van der Waals surface area contributed by atoms with E-state index < -0.39 is 30.5 Å². The highest BCUT2D eigenvalue weighted by Crippen LogP contribution is 2.27. The van der Waals surface area contributed by atoms with Gasteiger partial charge >= 0.3 is 7.32 Å². The van der Waals surface area contributed by atoms with Crippen LogP contribution >= 0.6 is 0 Å². The Bertz CT molecular complexity index is 330. The highest BCUT2D eigenvalue weighted by Gasteiger charge is 2.22. The van der Waals surface area contributed by atoms with Gasteiger partial charge in [0, 0.05) is 11.6 Å². The predicted molar refractivity (Wildman–Crippen MR) is 41.9 cm³/mol. The summed E-state index contributed by atoms with van der Waals surface area (Å²) in [6.07, 6.45) is 0. The Balaban J connectivity index is 3.25. The summed E-state index contributed by atoms with van der Waals surface area (Å²) in [5, 5.41) is 16.7. The van der Waals surface area contributed by atoms with Crippen LogP contribution in [-0.4, -0.2) is 17.4 Å². The van der Waals surface area contributed by atoms with Gasteiger partial charge in [0.2, 0.25) is 0 Å². The van der Waals surface area contributed by atoms with E-state index in [0.29, 0.717) is 6.07 Å². The molecule has 0 unspecified atom stereocenters. The van der Waals surface area contributed by atoms with Gasteiger partial charge in [0.05, 0.1) is 0 Å². The third-order valence-electron chi connectivity index (χ3n) is 1.58. The first kappa shape index (κ1) is 10.9. The third kappa shape index (κ3) is 1.99. The molecule has 0 aliphatic heterocycles. The fourth-order valence-electron chi connectivity index (χ4n) is 0.910. The standard InChI is InChI=1S/C7H6BF3O3/c1-3-4(9)2-5(10)6(11)7(3)14-8(12)13/h2,12-13H,1H3. The first-order valence-electron chi connectivity index (χ1n) is 3.60. The van der Waals surface area contributed by atoms with Crippen molar-refractivity contribution in [1.29, 1.82) is 0 Å². The highest BCUT2D eigenvalue weighted by atomic mass is 19.2. The molecule has 76 valence electrons. The second-order valence-electron chi connectivity index (χ2n) is 2.55. The molecule has 0 spiro atoms. The lowest BCUT2D eigenvalue weighted by atomic mass is 10.1. The van der Waals surface area contributed by atoms with Gasteiger partial charge in [-0.2, -0.15) is 4.39 Å². The van der Waals surface area contributed by atoms with Crippen LogP contribution in [0.3, 0.4) is 0 Å². The molecule has 0 heterocycles. The quantitative estimate of drug-likeness (QED) is 0.554. The van der Waals surface area contributed by atoms with E-state index in [1.165, 1.54) is 0 Å². The first-order chi connectivity index (χ1) is 6.43. The van der Waals surface area contributed by atoms with Gasteiger partial charge in [-0.05, 0) is 6.92 Å². The zero-order valence-corrected chi connectivity index (χ0v) is 7.09. The Labute approximate surface area is 77.9 Å². The number of benzene rings is 1. The van der Waals surface area contributed by atoms with E-state index in [0.717, 1.165) is 6.92 Å². The minimum atomic E-state index is -2.33. The Kier molecular flexibility index (Phi) is 3.02. The molecule has 0 radical (unpaired) electrons. The van der Waals surface area contributed by atoms with Gasteiger partial charge in [-0.25, -0.2) is 8.78 Å². The summed E-state index contributed by atoms with van der Waals surface area (Å²) in [6, 6.07) is 0.348. The van der Waals surface area contributed by atoms with E-state index >= 15 is 0 Å². The molecule has 7 heteroatoms. The second-order valence-corrected chi connectivity index (χ2v) is 2.55. The molecule has 1 aromatic carbocycles. The number of halogens is 3. The van der Waals surface area contributed by atoms with Gasteiger partial charge in [-0.3, -0.25) is 0 Å². The van der Waals surface area contributed by atoms with Crippen molar-refractivity contribution in [2.24, 2.45) is 0 Å². The van der Waals surface area contributed by atoms with E-state index in [-0.39, 0.29) is 5.56 Å². The molecule has 0 saturated heterocycles. The van der Waals surface area contributed by atoms with Crippen LogP contribution in [-0.2, 0) is 0 Å². The Morgan fingerprint density at radius 2 is 1.79 bits per heavy atom. The van der Waals surface area contributed by atoms with Crippen molar-refractivity contribution >= 4 is 7.32 Å². The summed E-state index contributed by atoms with van der Waals surface area (Å²) in [7, 11) is -2.33.